The summed E-state index contributed by atoms with van der Waals surface area (Å²) < 4.78 is 43.3. The van der Waals surface area contributed by atoms with Crippen molar-refractivity contribution in [1.29, 1.82) is 0 Å². The Bertz CT molecular complexity index is 680. The van der Waals surface area contributed by atoms with Crippen LogP contribution in [0.15, 0.2) is 26.6 Å². The lowest BCUT2D eigenvalue weighted by Gasteiger charge is -2.15. The van der Waals surface area contributed by atoms with E-state index in [-0.39, 0.29) is 4.90 Å². The molecular weight excluding hydrogens is 303 g/mol. The molecule has 0 aliphatic carbocycles. The van der Waals surface area contributed by atoms with Gasteiger partial charge in [0.1, 0.15) is 5.69 Å². The Morgan fingerprint density at radius 3 is 2.48 bits per heavy atom. The summed E-state index contributed by atoms with van der Waals surface area (Å²) in [4.78, 5) is 4.28. The van der Waals surface area contributed by atoms with E-state index < -0.39 is 11.7 Å². The van der Waals surface area contributed by atoms with Gasteiger partial charge in [-0.15, -0.1) is 11.8 Å². The van der Waals surface area contributed by atoms with Gasteiger partial charge in [0.05, 0.1) is 5.56 Å². The van der Waals surface area contributed by atoms with Crippen molar-refractivity contribution < 1.29 is 17.8 Å². The Morgan fingerprint density at radius 1 is 1.24 bits per heavy atom. The van der Waals surface area contributed by atoms with Crippen molar-refractivity contribution in [2.45, 2.75) is 24.9 Å². The molecule has 0 atom stereocenters. The largest absolute Gasteiger partial charge is 0.417 e. The lowest BCUT2D eigenvalue weighted by atomic mass is 10.1. The van der Waals surface area contributed by atoms with E-state index in [1.54, 1.807) is 20.1 Å². The number of rotatable bonds is 3. The minimum atomic E-state index is -4.37. The van der Waals surface area contributed by atoms with Gasteiger partial charge in [-0.3, -0.25) is 0 Å². The zero-order valence-electron chi connectivity index (χ0n) is 11.5. The number of halogens is 3. The predicted molar refractivity (Wildman–Crippen MR) is 74.3 cm³/mol. The fourth-order valence-corrected chi connectivity index (χ4v) is 2.64. The van der Waals surface area contributed by atoms with Crippen molar-refractivity contribution in [3.8, 4) is 0 Å². The van der Waals surface area contributed by atoms with Crippen LogP contribution < -0.4 is 0 Å². The second kappa shape index (κ2) is 5.88. The molecule has 0 N–H and O–H groups in total. The fraction of sp³-hybridized carbons (Fsp3) is 0.308. The van der Waals surface area contributed by atoms with Gasteiger partial charge in [0, 0.05) is 11.1 Å². The van der Waals surface area contributed by atoms with Crippen LogP contribution in [-0.2, 0) is 6.18 Å². The second-order valence-corrected chi connectivity index (χ2v) is 5.11. The normalized spacial score (nSPS) is 12.3. The summed E-state index contributed by atoms with van der Waals surface area (Å²) in [6.07, 6.45) is -1.29. The van der Waals surface area contributed by atoms with E-state index >= 15 is 0 Å². The molecule has 21 heavy (non-hydrogen) atoms. The topological polar surface area (TPSA) is 51.3 Å². The highest BCUT2D eigenvalue weighted by Crippen LogP contribution is 2.38. The van der Waals surface area contributed by atoms with Crippen LogP contribution in [0.25, 0.3) is 0 Å². The first-order valence-corrected chi connectivity index (χ1v) is 7.15. The van der Waals surface area contributed by atoms with Crippen LogP contribution in [-0.4, -0.2) is 22.8 Å². The molecule has 1 aromatic carbocycles. The highest BCUT2D eigenvalue weighted by Gasteiger charge is 2.34. The van der Waals surface area contributed by atoms with Gasteiger partial charge in [-0.25, -0.2) is 9.62 Å². The van der Waals surface area contributed by atoms with E-state index in [9.17, 15) is 13.2 Å². The summed E-state index contributed by atoms with van der Waals surface area (Å²) in [7, 11) is 0. The smallest absolute Gasteiger partial charge is 0.242 e. The van der Waals surface area contributed by atoms with E-state index in [1.807, 2.05) is 0 Å². The summed E-state index contributed by atoms with van der Waals surface area (Å²) in [5, 5.41) is 7.17. The monoisotopic (exact) mass is 315 g/mol. The maximum atomic E-state index is 12.9. The van der Waals surface area contributed by atoms with Crippen molar-refractivity contribution >= 4 is 23.8 Å². The molecule has 0 saturated carbocycles. The first-order valence-electron chi connectivity index (χ1n) is 5.92. The second-order valence-electron chi connectivity index (χ2n) is 4.29. The number of nitrogens with zero attached hydrogens (tertiary/aromatic N) is 3. The molecule has 1 aromatic heterocycles. The van der Waals surface area contributed by atoms with Gasteiger partial charge in [0.15, 0.2) is 0 Å². The quantitative estimate of drug-likeness (QED) is 0.630. The van der Waals surface area contributed by atoms with Gasteiger partial charge in [0.2, 0.25) is 5.82 Å². The number of alkyl halides is 3. The number of aromatic nitrogens is 2. The van der Waals surface area contributed by atoms with Gasteiger partial charge >= 0.3 is 6.18 Å². The SMILES string of the molecule is CSc1c(C(F)(F)F)ccc(C=Nc2nonc2C)c1C. The van der Waals surface area contributed by atoms with Crippen LogP contribution in [0, 0.1) is 13.8 Å². The van der Waals surface area contributed by atoms with E-state index in [2.05, 4.69) is 19.9 Å². The van der Waals surface area contributed by atoms with Crippen molar-refractivity contribution in [1.82, 2.24) is 10.3 Å². The molecule has 1 heterocycles. The number of thioether (sulfide) groups is 1. The zero-order chi connectivity index (χ0) is 15.6. The van der Waals surface area contributed by atoms with Crippen LogP contribution in [0.1, 0.15) is 22.4 Å². The van der Waals surface area contributed by atoms with E-state index in [0.717, 1.165) is 17.8 Å². The van der Waals surface area contributed by atoms with Gasteiger partial charge < -0.3 is 0 Å². The third-order valence-corrected chi connectivity index (χ3v) is 3.85. The van der Waals surface area contributed by atoms with Crippen LogP contribution in [0.2, 0.25) is 0 Å². The molecule has 0 unspecified atom stereocenters. The maximum Gasteiger partial charge on any atom is 0.417 e. The summed E-state index contributed by atoms with van der Waals surface area (Å²) in [5.41, 5.74) is 0.995. The third-order valence-electron chi connectivity index (χ3n) is 2.91. The highest BCUT2D eigenvalue weighted by atomic mass is 32.2. The Hall–Kier alpha value is -1.83. The van der Waals surface area contributed by atoms with Crippen molar-refractivity contribution in [3.63, 3.8) is 0 Å². The molecule has 0 radical (unpaired) electrons. The number of hydrogen-bond acceptors (Lipinski definition) is 5. The molecule has 0 bridgehead atoms. The summed E-state index contributed by atoms with van der Waals surface area (Å²) in [5.74, 6) is 0.306. The molecule has 112 valence electrons. The summed E-state index contributed by atoms with van der Waals surface area (Å²) >= 11 is 1.06. The molecular formula is C13H12F3N3OS. The third kappa shape index (κ3) is 3.26. The molecule has 4 nitrogen and oxygen atoms in total. The number of aliphatic imine (C=N–C) groups is 1. The first-order chi connectivity index (χ1) is 9.84. The van der Waals surface area contributed by atoms with E-state index in [0.29, 0.717) is 22.6 Å². The molecule has 0 aliphatic rings. The number of hydrogen-bond donors (Lipinski definition) is 0. The molecule has 0 fully saturated rings. The molecule has 2 aromatic rings. The van der Waals surface area contributed by atoms with Crippen LogP contribution in [0.5, 0.6) is 0 Å². The first kappa shape index (κ1) is 15.6. The summed E-state index contributed by atoms with van der Waals surface area (Å²) in [6, 6.07) is 2.46. The van der Waals surface area contributed by atoms with Crippen LogP contribution in [0.3, 0.4) is 0 Å². The Labute approximate surface area is 123 Å². The fourth-order valence-electron chi connectivity index (χ4n) is 1.81. The van der Waals surface area contributed by atoms with Crippen LogP contribution >= 0.6 is 11.8 Å². The molecule has 0 saturated heterocycles. The molecule has 8 heteroatoms. The van der Waals surface area contributed by atoms with Crippen LogP contribution in [0.4, 0.5) is 19.0 Å². The van der Waals surface area contributed by atoms with Gasteiger partial charge in [-0.2, -0.15) is 13.2 Å². The minimum Gasteiger partial charge on any atom is -0.242 e. The summed E-state index contributed by atoms with van der Waals surface area (Å²) in [6.45, 7) is 3.31. The van der Waals surface area contributed by atoms with Gasteiger partial charge in [-0.05, 0) is 42.5 Å². The lowest BCUT2D eigenvalue weighted by molar-refractivity contribution is -0.139. The van der Waals surface area contributed by atoms with Crippen molar-refractivity contribution in [3.05, 3.63) is 34.5 Å². The number of aryl methyl sites for hydroxylation is 1. The molecule has 0 aliphatic heterocycles. The Morgan fingerprint density at radius 2 is 1.95 bits per heavy atom. The lowest BCUT2D eigenvalue weighted by Crippen LogP contribution is -2.08. The average Bonchev–Trinajstić information content (AvgIpc) is 2.81. The van der Waals surface area contributed by atoms with E-state index in [4.69, 9.17) is 0 Å². The van der Waals surface area contributed by atoms with E-state index in [1.165, 1.54) is 12.3 Å². The minimum absolute atomic E-state index is 0.196. The molecule has 0 spiro atoms. The highest BCUT2D eigenvalue weighted by molar-refractivity contribution is 7.98. The maximum absolute atomic E-state index is 12.9. The van der Waals surface area contributed by atoms with Gasteiger partial charge in [-0.1, -0.05) is 11.2 Å². The van der Waals surface area contributed by atoms with Crippen molar-refractivity contribution in [2.75, 3.05) is 6.26 Å². The molecule has 0 amide bonds. The standard InChI is InChI=1S/C13H12F3N3OS/c1-7-9(6-17-12-8(2)18-20-19-12)4-5-10(11(7)21-3)13(14,15)16/h4-6H,1-3H3. The Balaban J connectivity index is 2.43. The van der Waals surface area contributed by atoms with Gasteiger partial charge in [0.25, 0.3) is 0 Å². The van der Waals surface area contributed by atoms with Crippen molar-refractivity contribution in [2.24, 2.45) is 4.99 Å². The zero-order valence-corrected chi connectivity index (χ0v) is 12.3. The average molecular weight is 315 g/mol. The number of benzene rings is 1. The Kier molecular flexibility index (Phi) is 4.36. The molecule has 2 rings (SSSR count). The predicted octanol–water partition coefficient (Wildman–Crippen LogP) is 4.18.